The number of anilines is 2. The van der Waals surface area contributed by atoms with E-state index in [0.717, 1.165) is 55.2 Å². The van der Waals surface area contributed by atoms with Crippen molar-refractivity contribution in [1.29, 1.82) is 0 Å². The maximum atomic E-state index is 13.6. The van der Waals surface area contributed by atoms with E-state index < -0.39 is 24.0 Å². The van der Waals surface area contributed by atoms with Gasteiger partial charge in [-0.05, 0) is 64.2 Å². The zero-order valence-electron chi connectivity index (χ0n) is 31.6. The molecule has 7 rings (SSSR count). The number of carbonyl (C=O) groups excluding carboxylic acids is 2. The summed E-state index contributed by atoms with van der Waals surface area (Å²) in [4.78, 5) is 27.1. The molecule has 0 aliphatic heterocycles. The number of carbonyl (C=O) groups is 2. The van der Waals surface area contributed by atoms with Gasteiger partial charge in [-0.15, -0.1) is 0 Å². The van der Waals surface area contributed by atoms with Crippen molar-refractivity contribution >= 4 is 79.5 Å². The van der Waals surface area contributed by atoms with Gasteiger partial charge >= 0.3 is 11.9 Å². The quantitative estimate of drug-likeness (QED) is 0.0484. The molecular weight excluding hydrogens is 761 g/mol. The van der Waals surface area contributed by atoms with Gasteiger partial charge in [0, 0.05) is 34.7 Å². The molecule has 7 aromatic rings. The van der Waals surface area contributed by atoms with Crippen molar-refractivity contribution in [3.63, 3.8) is 0 Å². The van der Waals surface area contributed by atoms with Gasteiger partial charge in [0.25, 0.3) is 0 Å². The molecule has 0 aromatic heterocycles. The van der Waals surface area contributed by atoms with Gasteiger partial charge in [0.05, 0.1) is 5.69 Å². The van der Waals surface area contributed by atoms with Gasteiger partial charge in [-0.2, -0.15) is 0 Å². The Morgan fingerprint density at radius 2 is 0.897 bits per heavy atom. The van der Waals surface area contributed by atoms with Gasteiger partial charge in [0.2, 0.25) is 0 Å². The lowest BCUT2D eigenvalue weighted by Gasteiger charge is -2.22. The first kappa shape index (κ1) is 39.6. The van der Waals surface area contributed by atoms with Gasteiger partial charge < -0.3 is 30.7 Å². The maximum absolute atomic E-state index is 13.6. The molecule has 2 unspecified atom stereocenters. The van der Waals surface area contributed by atoms with E-state index in [0.29, 0.717) is 12.8 Å². The summed E-state index contributed by atoms with van der Waals surface area (Å²) in [7, 11) is 0. The van der Waals surface area contributed by atoms with E-state index in [2.05, 4.69) is 27.3 Å². The van der Waals surface area contributed by atoms with Crippen LogP contribution in [0.1, 0.15) is 22.3 Å². The lowest BCUT2D eigenvalue weighted by Crippen LogP contribution is -2.45. The first-order valence-corrected chi connectivity index (χ1v) is 19.8. The van der Waals surface area contributed by atoms with Crippen LogP contribution in [-0.4, -0.2) is 34.2 Å². The Kier molecular flexibility index (Phi) is 13.3. The van der Waals surface area contributed by atoms with Gasteiger partial charge in [-0.1, -0.05) is 158 Å². The van der Waals surface area contributed by atoms with E-state index in [9.17, 15) is 9.59 Å². The highest BCUT2D eigenvalue weighted by Gasteiger charge is 2.24. The predicted molar refractivity (Wildman–Crippen MR) is 241 cm³/mol. The number of benzene rings is 7. The fraction of sp³-hybridized carbons (Fsp3) is 0.125. The Balaban J connectivity index is 1.11. The van der Waals surface area contributed by atoms with E-state index in [1.165, 1.54) is 0 Å². The number of thiocarbonyl (C=S) groups is 2. The lowest BCUT2D eigenvalue weighted by molar-refractivity contribution is -0.147. The van der Waals surface area contributed by atoms with E-state index in [1.54, 1.807) is 0 Å². The molecule has 0 heterocycles. The van der Waals surface area contributed by atoms with Crippen molar-refractivity contribution in [1.82, 2.24) is 10.6 Å². The number of nitrogens with one attached hydrogen (secondary N) is 4. The molecule has 0 spiro atoms. The van der Waals surface area contributed by atoms with Crippen LogP contribution < -0.4 is 21.3 Å². The van der Waals surface area contributed by atoms with Crippen LogP contribution in [0.25, 0.3) is 21.5 Å². The summed E-state index contributed by atoms with van der Waals surface area (Å²) in [6.07, 6.45) is 0.746. The molecule has 10 heteroatoms. The fourth-order valence-electron chi connectivity index (χ4n) is 6.70. The predicted octanol–water partition coefficient (Wildman–Crippen LogP) is 9.28. The number of hydrogen-bond donors (Lipinski definition) is 4. The van der Waals surface area contributed by atoms with Gasteiger partial charge in [-0.3, -0.25) is 0 Å². The molecule has 58 heavy (non-hydrogen) atoms. The normalized spacial score (nSPS) is 11.9. The lowest BCUT2D eigenvalue weighted by atomic mass is 9.99. The number of hydrogen-bond acceptors (Lipinski definition) is 6. The zero-order valence-corrected chi connectivity index (χ0v) is 33.2. The summed E-state index contributed by atoms with van der Waals surface area (Å²) in [5.74, 6) is -0.829. The number of ether oxygens (including phenoxy) is 2. The Morgan fingerprint density at radius 3 is 1.41 bits per heavy atom. The Labute approximate surface area is 348 Å². The Morgan fingerprint density at radius 1 is 0.466 bits per heavy atom. The molecule has 2 atom stereocenters. The van der Waals surface area contributed by atoms with Crippen LogP contribution in [0.5, 0.6) is 0 Å². The molecular formula is C48H42N4O4S2. The molecule has 0 aliphatic rings. The molecule has 0 aliphatic carbocycles. The van der Waals surface area contributed by atoms with Crippen LogP contribution in [-0.2, 0) is 45.1 Å². The van der Waals surface area contributed by atoms with E-state index >= 15 is 0 Å². The molecule has 0 saturated heterocycles. The molecule has 7 aromatic carbocycles. The fourth-order valence-corrected chi connectivity index (χ4v) is 7.20. The Hall–Kier alpha value is -6.62. The van der Waals surface area contributed by atoms with Crippen molar-refractivity contribution in [2.75, 3.05) is 10.6 Å². The smallest absolute Gasteiger partial charge is 0.329 e. The van der Waals surface area contributed by atoms with E-state index in [1.807, 2.05) is 164 Å². The minimum Gasteiger partial charge on any atom is -0.459 e. The third-order valence-electron chi connectivity index (χ3n) is 9.58. The minimum atomic E-state index is -0.753. The standard InChI is InChI=1S/C48H42N4O4S2/c53-45(55-31-35-20-9-3-10-21-35)42(28-33-16-5-1-6-17-33)50-47(57)49-41-27-15-26-39-40(41)30-37-24-13-14-25-38(37)44(39)52-48(58)51-43(29-34-18-7-2-8-19-34)46(54)56-32-36-22-11-4-12-23-36/h1-27,30,42-43H,28-29,31-32H2,(H2,49,50,57)(H2,51,52,58). The van der Waals surface area contributed by atoms with Crippen LogP contribution in [0.3, 0.4) is 0 Å². The molecule has 0 saturated carbocycles. The monoisotopic (exact) mass is 802 g/mol. The zero-order chi connectivity index (χ0) is 40.1. The highest BCUT2D eigenvalue weighted by Crippen LogP contribution is 2.36. The molecule has 290 valence electrons. The van der Waals surface area contributed by atoms with Gasteiger partial charge in [0.1, 0.15) is 25.3 Å². The summed E-state index contributed by atoms with van der Waals surface area (Å²) in [6, 6.07) is 53.1. The second-order valence-corrected chi connectivity index (χ2v) is 14.6. The van der Waals surface area contributed by atoms with Gasteiger partial charge in [-0.25, -0.2) is 9.59 Å². The number of esters is 2. The largest absolute Gasteiger partial charge is 0.459 e. The first-order valence-electron chi connectivity index (χ1n) is 19.0. The van der Waals surface area contributed by atoms with Crippen molar-refractivity contribution < 1.29 is 19.1 Å². The van der Waals surface area contributed by atoms with Crippen molar-refractivity contribution in [3.05, 3.63) is 192 Å². The average molecular weight is 803 g/mol. The van der Waals surface area contributed by atoms with Crippen LogP contribution in [0.2, 0.25) is 0 Å². The molecule has 0 radical (unpaired) electrons. The third-order valence-corrected chi connectivity index (χ3v) is 10.0. The second kappa shape index (κ2) is 19.5. The highest BCUT2D eigenvalue weighted by atomic mass is 32.1. The van der Waals surface area contributed by atoms with Crippen LogP contribution in [0.15, 0.2) is 170 Å². The van der Waals surface area contributed by atoms with E-state index in [4.69, 9.17) is 33.9 Å². The van der Waals surface area contributed by atoms with E-state index in [-0.39, 0.29) is 23.4 Å². The van der Waals surface area contributed by atoms with Crippen LogP contribution in [0, 0.1) is 0 Å². The van der Waals surface area contributed by atoms with Crippen molar-refractivity contribution in [2.45, 2.75) is 38.1 Å². The summed E-state index contributed by atoms with van der Waals surface area (Å²) in [6.45, 7) is 0.298. The molecule has 8 nitrogen and oxygen atoms in total. The van der Waals surface area contributed by atoms with Crippen molar-refractivity contribution in [3.8, 4) is 0 Å². The molecule has 0 bridgehead atoms. The summed E-state index contributed by atoms with van der Waals surface area (Å²) >= 11 is 11.8. The SMILES string of the molecule is O=C(OCc1ccccc1)C(Cc1ccccc1)NC(=S)Nc1cccc2c(NC(=S)NC(Cc3ccccc3)C(=O)OCc3ccccc3)c3ccccc3cc12. The average Bonchev–Trinajstić information content (AvgIpc) is 3.26. The Bertz CT molecular complexity index is 2500. The highest BCUT2D eigenvalue weighted by molar-refractivity contribution is 7.80. The number of fused-ring (bicyclic) bond motifs is 2. The topological polar surface area (TPSA) is 101 Å². The number of rotatable bonds is 14. The molecule has 0 amide bonds. The van der Waals surface area contributed by atoms with Crippen LogP contribution in [0.4, 0.5) is 11.4 Å². The van der Waals surface area contributed by atoms with Crippen molar-refractivity contribution in [2.24, 2.45) is 0 Å². The molecule has 0 fully saturated rings. The second-order valence-electron chi connectivity index (χ2n) is 13.7. The van der Waals surface area contributed by atoms with Gasteiger partial charge in [0.15, 0.2) is 10.2 Å². The summed E-state index contributed by atoms with van der Waals surface area (Å²) in [5.41, 5.74) is 5.21. The summed E-state index contributed by atoms with van der Waals surface area (Å²) < 4.78 is 11.5. The third kappa shape index (κ3) is 10.6. The molecule has 4 N–H and O–H groups in total. The van der Waals surface area contributed by atoms with Crippen LogP contribution >= 0.6 is 24.4 Å². The summed E-state index contributed by atoms with van der Waals surface area (Å²) in [5, 5.41) is 17.4. The maximum Gasteiger partial charge on any atom is 0.329 e. The first-order chi connectivity index (χ1) is 28.4. The minimum absolute atomic E-state index is 0.148.